The van der Waals surface area contributed by atoms with Gasteiger partial charge < -0.3 is 14.2 Å². The van der Waals surface area contributed by atoms with E-state index in [9.17, 15) is 0 Å². The molecule has 1 atom stereocenters. The fraction of sp³-hybridized carbons (Fsp3) is 0.235. The van der Waals surface area contributed by atoms with E-state index in [1.807, 2.05) is 48.5 Å². The number of nitrogens with zero attached hydrogens (tertiary/aromatic N) is 1. The minimum absolute atomic E-state index is 0.232. The average molecular weight is 281 g/mol. The molecule has 1 unspecified atom stereocenters. The zero-order valence-corrected chi connectivity index (χ0v) is 11.5. The van der Waals surface area contributed by atoms with Crippen LogP contribution in [0, 0.1) is 11.3 Å². The minimum atomic E-state index is 0.232. The van der Waals surface area contributed by atoms with Crippen molar-refractivity contribution in [2.24, 2.45) is 0 Å². The van der Waals surface area contributed by atoms with Crippen molar-refractivity contribution in [3.05, 3.63) is 54.1 Å². The van der Waals surface area contributed by atoms with E-state index in [0.717, 1.165) is 23.5 Å². The maximum Gasteiger partial charge on any atom is 0.189 e. The SMILES string of the molecule is N#Cc1ccc(-c2ccc(OCOCC3CO3)cc2)cc1. The molecule has 21 heavy (non-hydrogen) atoms. The molecule has 0 amide bonds. The molecule has 0 bridgehead atoms. The quantitative estimate of drug-likeness (QED) is 0.464. The zero-order chi connectivity index (χ0) is 14.5. The van der Waals surface area contributed by atoms with Crippen LogP contribution < -0.4 is 4.74 Å². The summed E-state index contributed by atoms with van der Waals surface area (Å²) in [6, 6.07) is 17.4. The Balaban J connectivity index is 1.56. The summed E-state index contributed by atoms with van der Waals surface area (Å²) in [7, 11) is 0. The van der Waals surface area contributed by atoms with Gasteiger partial charge in [0.2, 0.25) is 0 Å². The monoisotopic (exact) mass is 281 g/mol. The smallest absolute Gasteiger partial charge is 0.189 e. The second kappa shape index (κ2) is 6.40. The Kier molecular flexibility index (Phi) is 4.15. The van der Waals surface area contributed by atoms with Gasteiger partial charge >= 0.3 is 0 Å². The topological polar surface area (TPSA) is 54.8 Å². The lowest BCUT2D eigenvalue weighted by Crippen LogP contribution is -2.07. The fourth-order valence-electron chi connectivity index (χ4n) is 1.93. The van der Waals surface area contributed by atoms with Crippen LogP contribution >= 0.6 is 0 Å². The number of hydrogen-bond donors (Lipinski definition) is 0. The molecule has 4 nitrogen and oxygen atoms in total. The van der Waals surface area contributed by atoms with E-state index in [1.54, 1.807) is 0 Å². The minimum Gasteiger partial charge on any atom is -0.468 e. The van der Waals surface area contributed by atoms with Gasteiger partial charge in [0, 0.05) is 0 Å². The Morgan fingerprint density at radius 2 is 1.67 bits per heavy atom. The largest absolute Gasteiger partial charge is 0.468 e. The fourth-order valence-corrected chi connectivity index (χ4v) is 1.93. The molecule has 1 saturated heterocycles. The van der Waals surface area contributed by atoms with E-state index in [0.29, 0.717) is 12.2 Å². The molecule has 1 aliphatic rings. The number of rotatable bonds is 6. The zero-order valence-electron chi connectivity index (χ0n) is 11.5. The summed E-state index contributed by atoms with van der Waals surface area (Å²) in [6.45, 7) is 1.61. The molecule has 4 heteroatoms. The summed E-state index contributed by atoms with van der Waals surface area (Å²) in [6.07, 6.45) is 0.257. The van der Waals surface area contributed by atoms with Gasteiger partial charge in [-0.05, 0) is 35.4 Å². The molecule has 1 fully saturated rings. The maximum atomic E-state index is 8.79. The van der Waals surface area contributed by atoms with Crippen LogP contribution in [0.3, 0.4) is 0 Å². The van der Waals surface area contributed by atoms with Crippen molar-refractivity contribution < 1.29 is 14.2 Å². The van der Waals surface area contributed by atoms with Gasteiger partial charge in [0.15, 0.2) is 6.79 Å². The van der Waals surface area contributed by atoms with Gasteiger partial charge in [0.25, 0.3) is 0 Å². The Hall–Kier alpha value is -2.35. The first kappa shape index (κ1) is 13.6. The Morgan fingerprint density at radius 3 is 2.24 bits per heavy atom. The first-order valence-electron chi connectivity index (χ1n) is 6.78. The van der Waals surface area contributed by atoms with Crippen molar-refractivity contribution in [3.8, 4) is 22.9 Å². The lowest BCUT2D eigenvalue weighted by atomic mass is 10.0. The van der Waals surface area contributed by atoms with E-state index < -0.39 is 0 Å². The molecule has 0 aliphatic carbocycles. The van der Waals surface area contributed by atoms with Crippen LogP contribution in [0.15, 0.2) is 48.5 Å². The number of nitriles is 1. The lowest BCUT2D eigenvalue weighted by Gasteiger charge is -2.07. The van der Waals surface area contributed by atoms with Crippen molar-refractivity contribution in [3.63, 3.8) is 0 Å². The van der Waals surface area contributed by atoms with Gasteiger partial charge in [-0.3, -0.25) is 0 Å². The second-order valence-electron chi connectivity index (χ2n) is 4.80. The Morgan fingerprint density at radius 1 is 1.05 bits per heavy atom. The normalized spacial score (nSPS) is 16.2. The van der Waals surface area contributed by atoms with E-state index in [2.05, 4.69) is 6.07 Å². The van der Waals surface area contributed by atoms with Gasteiger partial charge in [-0.2, -0.15) is 5.26 Å². The second-order valence-corrected chi connectivity index (χ2v) is 4.80. The molecule has 3 rings (SSSR count). The van der Waals surface area contributed by atoms with Gasteiger partial charge in [0.1, 0.15) is 11.9 Å². The highest BCUT2D eigenvalue weighted by Crippen LogP contribution is 2.22. The molecule has 0 spiro atoms. The van der Waals surface area contributed by atoms with E-state index >= 15 is 0 Å². The van der Waals surface area contributed by atoms with Crippen LogP contribution in [-0.4, -0.2) is 26.1 Å². The van der Waals surface area contributed by atoms with Crippen LogP contribution in [-0.2, 0) is 9.47 Å². The molecule has 1 heterocycles. The predicted octanol–water partition coefficient (Wildman–Crippen LogP) is 2.98. The Labute approximate surface area is 123 Å². The Bertz CT molecular complexity index is 625. The molecule has 0 N–H and O–H groups in total. The third-order valence-corrected chi connectivity index (χ3v) is 3.22. The van der Waals surface area contributed by atoms with Gasteiger partial charge in [-0.15, -0.1) is 0 Å². The van der Waals surface area contributed by atoms with Crippen molar-refractivity contribution >= 4 is 0 Å². The van der Waals surface area contributed by atoms with Crippen LogP contribution in [0.5, 0.6) is 5.75 Å². The summed E-state index contributed by atoms with van der Waals surface area (Å²) in [5, 5.41) is 8.79. The third kappa shape index (κ3) is 3.82. The number of benzene rings is 2. The maximum absolute atomic E-state index is 8.79. The predicted molar refractivity (Wildman–Crippen MR) is 77.8 cm³/mol. The van der Waals surface area contributed by atoms with E-state index in [1.165, 1.54) is 0 Å². The van der Waals surface area contributed by atoms with Crippen LogP contribution in [0.4, 0.5) is 0 Å². The highest BCUT2D eigenvalue weighted by Gasteiger charge is 2.22. The summed E-state index contributed by atoms with van der Waals surface area (Å²) in [4.78, 5) is 0. The average Bonchev–Trinajstić information content (AvgIpc) is 3.37. The summed E-state index contributed by atoms with van der Waals surface area (Å²) in [5.41, 5.74) is 2.82. The highest BCUT2D eigenvalue weighted by molar-refractivity contribution is 5.64. The van der Waals surface area contributed by atoms with Crippen LogP contribution in [0.2, 0.25) is 0 Å². The van der Waals surface area contributed by atoms with E-state index in [4.69, 9.17) is 19.5 Å². The first-order valence-corrected chi connectivity index (χ1v) is 6.78. The summed E-state index contributed by atoms with van der Waals surface area (Å²) >= 11 is 0. The summed E-state index contributed by atoms with van der Waals surface area (Å²) in [5.74, 6) is 0.768. The highest BCUT2D eigenvalue weighted by atomic mass is 16.7. The van der Waals surface area contributed by atoms with E-state index in [-0.39, 0.29) is 12.9 Å². The molecule has 2 aromatic carbocycles. The first-order chi connectivity index (χ1) is 10.3. The van der Waals surface area contributed by atoms with Gasteiger partial charge in [0.05, 0.1) is 24.8 Å². The molecule has 1 aliphatic heterocycles. The van der Waals surface area contributed by atoms with Crippen LogP contribution in [0.25, 0.3) is 11.1 Å². The van der Waals surface area contributed by atoms with Gasteiger partial charge in [-0.1, -0.05) is 24.3 Å². The molecule has 0 aromatic heterocycles. The summed E-state index contributed by atoms with van der Waals surface area (Å²) < 4.78 is 15.9. The molecule has 2 aromatic rings. The molecule has 0 radical (unpaired) electrons. The lowest BCUT2D eigenvalue weighted by molar-refractivity contribution is 0.00822. The standard InChI is InChI=1S/C17H15NO3/c18-9-13-1-3-14(4-2-13)15-5-7-16(8-6-15)21-12-19-10-17-11-20-17/h1-8,17H,10-12H2. The van der Waals surface area contributed by atoms with Crippen LogP contribution in [0.1, 0.15) is 5.56 Å². The number of ether oxygens (including phenoxy) is 3. The molecular weight excluding hydrogens is 266 g/mol. The molecular formula is C17H15NO3. The van der Waals surface area contributed by atoms with Crippen molar-refractivity contribution in [1.29, 1.82) is 5.26 Å². The molecule has 106 valence electrons. The number of hydrogen-bond acceptors (Lipinski definition) is 4. The van der Waals surface area contributed by atoms with Crippen molar-refractivity contribution in [1.82, 2.24) is 0 Å². The van der Waals surface area contributed by atoms with Crippen molar-refractivity contribution in [2.45, 2.75) is 6.10 Å². The van der Waals surface area contributed by atoms with Gasteiger partial charge in [-0.25, -0.2) is 0 Å². The third-order valence-electron chi connectivity index (χ3n) is 3.22. The van der Waals surface area contributed by atoms with Crippen molar-refractivity contribution in [2.75, 3.05) is 20.0 Å². The molecule has 0 saturated carbocycles. The number of epoxide rings is 1.